The zero-order chi connectivity index (χ0) is 9.52. The quantitative estimate of drug-likeness (QED) is 0.656. The topological polar surface area (TPSA) is 28.5 Å². The smallest absolute Gasteiger partial charge is 0.151 e. The molecule has 0 N–H and O–H groups in total. The molecule has 3 nitrogen and oxygen atoms in total. The molecule has 13 heavy (non-hydrogen) atoms. The fourth-order valence-electron chi connectivity index (χ4n) is 0.760. The monoisotopic (exact) mass is 175 g/mol. The van der Waals surface area contributed by atoms with E-state index < -0.39 is 0 Å². The SMILES string of the molecule is CN(C)C=CC=Nc1ccccn1. The van der Waals surface area contributed by atoms with E-state index in [0.29, 0.717) is 0 Å². The van der Waals surface area contributed by atoms with Crippen LogP contribution < -0.4 is 0 Å². The Kier molecular flexibility index (Phi) is 3.70. The second-order valence-corrected chi connectivity index (χ2v) is 2.77. The Morgan fingerprint density at radius 1 is 1.38 bits per heavy atom. The van der Waals surface area contributed by atoms with Crippen molar-refractivity contribution in [3.05, 3.63) is 36.7 Å². The maximum atomic E-state index is 4.13. The van der Waals surface area contributed by atoms with Crippen molar-refractivity contribution in [2.75, 3.05) is 14.1 Å². The number of pyridine rings is 1. The molecule has 0 aliphatic carbocycles. The Balaban J connectivity index is 2.50. The predicted molar refractivity (Wildman–Crippen MR) is 55.2 cm³/mol. The first-order valence-electron chi connectivity index (χ1n) is 4.07. The van der Waals surface area contributed by atoms with E-state index in [1.807, 2.05) is 49.5 Å². The van der Waals surface area contributed by atoms with Gasteiger partial charge in [0.05, 0.1) is 0 Å². The highest BCUT2D eigenvalue weighted by Crippen LogP contribution is 2.02. The van der Waals surface area contributed by atoms with Crippen molar-refractivity contribution in [2.24, 2.45) is 4.99 Å². The first kappa shape index (κ1) is 9.45. The van der Waals surface area contributed by atoms with Gasteiger partial charge in [-0.05, 0) is 18.2 Å². The molecule has 1 aromatic heterocycles. The third kappa shape index (κ3) is 4.06. The summed E-state index contributed by atoms with van der Waals surface area (Å²) in [4.78, 5) is 10.1. The first-order chi connectivity index (χ1) is 6.29. The van der Waals surface area contributed by atoms with Gasteiger partial charge in [-0.3, -0.25) is 0 Å². The number of allylic oxidation sites excluding steroid dienone is 1. The largest absolute Gasteiger partial charge is 0.383 e. The Morgan fingerprint density at radius 3 is 2.85 bits per heavy atom. The van der Waals surface area contributed by atoms with E-state index in [0.717, 1.165) is 5.82 Å². The van der Waals surface area contributed by atoms with Crippen LogP contribution in [-0.4, -0.2) is 30.2 Å². The van der Waals surface area contributed by atoms with E-state index in [-0.39, 0.29) is 0 Å². The molecule has 0 saturated heterocycles. The number of hydrogen-bond donors (Lipinski definition) is 0. The van der Waals surface area contributed by atoms with Crippen molar-refractivity contribution < 1.29 is 0 Å². The lowest BCUT2D eigenvalue weighted by Crippen LogP contribution is -1.99. The molecular weight excluding hydrogens is 162 g/mol. The van der Waals surface area contributed by atoms with Crippen molar-refractivity contribution in [1.29, 1.82) is 0 Å². The van der Waals surface area contributed by atoms with Gasteiger partial charge in [0.15, 0.2) is 5.82 Å². The van der Waals surface area contributed by atoms with E-state index in [1.165, 1.54) is 0 Å². The highest BCUT2D eigenvalue weighted by molar-refractivity contribution is 5.73. The lowest BCUT2D eigenvalue weighted by atomic mass is 10.5. The van der Waals surface area contributed by atoms with Gasteiger partial charge in [-0.2, -0.15) is 0 Å². The van der Waals surface area contributed by atoms with Crippen molar-refractivity contribution in [3.8, 4) is 0 Å². The fraction of sp³-hybridized carbons (Fsp3) is 0.200. The molecule has 0 amide bonds. The fourth-order valence-corrected chi connectivity index (χ4v) is 0.760. The van der Waals surface area contributed by atoms with Crippen molar-refractivity contribution in [2.45, 2.75) is 0 Å². The number of hydrogen-bond acceptors (Lipinski definition) is 3. The van der Waals surface area contributed by atoms with Crippen LogP contribution in [0.25, 0.3) is 0 Å². The number of nitrogens with zero attached hydrogens (tertiary/aromatic N) is 3. The second-order valence-electron chi connectivity index (χ2n) is 2.77. The normalized spacial score (nSPS) is 11.2. The molecular formula is C10H13N3. The summed E-state index contributed by atoms with van der Waals surface area (Å²) in [7, 11) is 3.93. The maximum absolute atomic E-state index is 4.13. The summed E-state index contributed by atoms with van der Waals surface area (Å²) in [5, 5.41) is 0. The molecule has 0 bridgehead atoms. The summed E-state index contributed by atoms with van der Waals surface area (Å²) < 4.78 is 0. The summed E-state index contributed by atoms with van der Waals surface area (Å²) in [5.41, 5.74) is 0. The molecule has 1 rings (SSSR count). The molecule has 1 heterocycles. The molecule has 68 valence electrons. The maximum Gasteiger partial charge on any atom is 0.151 e. The van der Waals surface area contributed by atoms with E-state index in [2.05, 4.69) is 9.98 Å². The minimum absolute atomic E-state index is 0.728. The summed E-state index contributed by atoms with van der Waals surface area (Å²) in [6.07, 6.45) is 7.24. The minimum Gasteiger partial charge on any atom is -0.383 e. The number of aromatic nitrogens is 1. The van der Waals surface area contributed by atoms with Crippen molar-refractivity contribution in [1.82, 2.24) is 9.88 Å². The number of aliphatic imine (C=N–C) groups is 1. The van der Waals surface area contributed by atoms with Crippen molar-refractivity contribution in [3.63, 3.8) is 0 Å². The average molecular weight is 175 g/mol. The van der Waals surface area contributed by atoms with Crippen LogP contribution in [0.1, 0.15) is 0 Å². The van der Waals surface area contributed by atoms with Crippen LogP contribution >= 0.6 is 0 Å². The van der Waals surface area contributed by atoms with Crippen molar-refractivity contribution >= 4 is 12.0 Å². The van der Waals surface area contributed by atoms with Gasteiger partial charge in [-0.15, -0.1) is 0 Å². The molecule has 0 atom stereocenters. The van der Waals surface area contributed by atoms with Crippen LogP contribution in [0.3, 0.4) is 0 Å². The molecule has 0 aromatic carbocycles. The number of rotatable bonds is 3. The summed E-state index contributed by atoms with van der Waals surface area (Å²) in [5.74, 6) is 0.728. The molecule has 0 saturated carbocycles. The third-order valence-electron chi connectivity index (χ3n) is 1.33. The van der Waals surface area contributed by atoms with E-state index >= 15 is 0 Å². The predicted octanol–water partition coefficient (Wildman–Crippen LogP) is 1.86. The Labute approximate surface area is 78.4 Å². The van der Waals surface area contributed by atoms with Crippen LogP contribution in [0.2, 0.25) is 0 Å². The van der Waals surface area contributed by atoms with E-state index in [1.54, 1.807) is 12.4 Å². The first-order valence-corrected chi connectivity index (χ1v) is 4.07. The zero-order valence-corrected chi connectivity index (χ0v) is 7.88. The lowest BCUT2D eigenvalue weighted by Gasteiger charge is -2.00. The molecule has 0 unspecified atom stereocenters. The molecule has 0 aliphatic heterocycles. The molecule has 0 aliphatic rings. The van der Waals surface area contributed by atoms with Gasteiger partial charge >= 0.3 is 0 Å². The summed E-state index contributed by atoms with van der Waals surface area (Å²) in [6, 6.07) is 5.64. The summed E-state index contributed by atoms with van der Waals surface area (Å²) in [6.45, 7) is 0. The van der Waals surface area contributed by atoms with Crippen LogP contribution in [0, 0.1) is 0 Å². The standard InChI is InChI=1S/C10H13N3/c1-13(2)9-5-8-12-10-6-3-4-7-11-10/h3-9H,1-2H3. The lowest BCUT2D eigenvalue weighted by molar-refractivity contribution is 0.564. The Bertz CT molecular complexity index is 288. The highest BCUT2D eigenvalue weighted by atomic mass is 15.0. The van der Waals surface area contributed by atoms with Gasteiger partial charge in [0.2, 0.25) is 0 Å². The molecule has 0 fully saturated rings. The van der Waals surface area contributed by atoms with Gasteiger partial charge in [0.1, 0.15) is 0 Å². The highest BCUT2D eigenvalue weighted by Gasteiger charge is 1.82. The molecule has 1 aromatic rings. The third-order valence-corrected chi connectivity index (χ3v) is 1.33. The zero-order valence-electron chi connectivity index (χ0n) is 7.88. The Morgan fingerprint density at radius 2 is 2.23 bits per heavy atom. The molecule has 0 radical (unpaired) electrons. The van der Waals surface area contributed by atoms with Crippen LogP contribution in [-0.2, 0) is 0 Å². The van der Waals surface area contributed by atoms with Crippen LogP contribution in [0.4, 0.5) is 5.82 Å². The van der Waals surface area contributed by atoms with Gasteiger partial charge in [-0.25, -0.2) is 9.98 Å². The van der Waals surface area contributed by atoms with Gasteiger partial charge in [0, 0.05) is 32.7 Å². The van der Waals surface area contributed by atoms with Gasteiger partial charge in [0.25, 0.3) is 0 Å². The van der Waals surface area contributed by atoms with Crippen LogP contribution in [0.15, 0.2) is 41.7 Å². The summed E-state index contributed by atoms with van der Waals surface area (Å²) >= 11 is 0. The second kappa shape index (κ2) is 5.09. The van der Waals surface area contributed by atoms with Gasteiger partial charge in [-0.1, -0.05) is 6.07 Å². The Hall–Kier alpha value is -1.64. The molecule has 0 spiro atoms. The molecule has 3 heteroatoms. The van der Waals surface area contributed by atoms with E-state index in [4.69, 9.17) is 0 Å². The van der Waals surface area contributed by atoms with Crippen LogP contribution in [0.5, 0.6) is 0 Å². The van der Waals surface area contributed by atoms with Gasteiger partial charge < -0.3 is 4.90 Å². The average Bonchev–Trinajstić information content (AvgIpc) is 2.14. The minimum atomic E-state index is 0.728. The van der Waals surface area contributed by atoms with E-state index in [9.17, 15) is 0 Å².